The van der Waals surface area contributed by atoms with E-state index in [1.807, 2.05) is 6.92 Å². The molecule has 0 saturated heterocycles. The van der Waals surface area contributed by atoms with Crippen molar-refractivity contribution in [2.24, 2.45) is 11.7 Å². The minimum atomic E-state index is 0.601. The van der Waals surface area contributed by atoms with Crippen LogP contribution in [0.25, 0.3) is 0 Å². The number of nitrogens with two attached hydrogens (primary N) is 1. The van der Waals surface area contributed by atoms with Gasteiger partial charge in [-0.1, -0.05) is 0 Å². The number of aromatic nitrogens is 3. The van der Waals surface area contributed by atoms with Crippen molar-refractivity contribution in [3.05, 3.63) is 11.6 Å². The van der Waals surface area contributed by atoms with Gasteiger partial charge in [0.15, 0.2) is 0 Å². The molecule has 1 aromatic heterocycles. The second-order valence-electron chi connectivity index (χ2n) is 4.80. The fraction of sp³-hybridized carbons (Fsp3) is 0.833. The Labute approximate surface area is 97.2 Å². The highest BCUT2D eigenvalue weighted by molar-refractivity contribution is 5.02. The lowest BCUT2D eigenvalue weighted by molar-refractivity contribution is 0.320. The summed E-state index contributed by atoms with van der Waals surface area (Å²) >= 11 is 0. The Morgan fingerprint density at radius 2 is 1.94 bits per heavy atom. The van der Waals surface area contributed by atoms with E-state index < -0.39 is 0 Å². The first-order chi connectivity index (χ1) is 7.76. The smallest absolute Gasteiger partial charge is 0.136 e. The van der Waals surface area contributed by atoms with Crippen LogP contribution in [0, 0.1) is 12.8 Å². The fourth-order valence-electron chi connectivity index (χ4n) is 2.75. The number of aryl methyl sites for hydroxylation is 1. The lowest BCUT2D eigenvalue weighted by atomic mass is 9.81. The maximum Gasteiger partial charge on any atom is 0.136 e. The van der Waals surface area contributed by atoms with Crippen LogP contribution >= 0.6 is 0 Å². The standard InChI is InChI=1S/C12H22N4/c1-3-16-9(2)14-15-12(16)11-6-4-10(8-13)5-7-11/h10-11H,3-8,13H2,1-2H3. The van der Waals surface area contributed by atoms with Crippen molar-refractivity contribution in [1.82, 2.24) is 14.8 Å². The molecule has 0 aromatic carbocycles. The lowest BCUT2D eigenvalue weighted by Crippen LogP contribution is -2.22. The van der Waals surface area contributed by atoms with E-state index in [2.05, 4.69) is 21.7 Å². The summed E-state index contributed by atoms with van der Waals surface area (Å²) in [6.45, 7) is 6.01. The van der Waals surface area contributed by atoms with Gasteiger partial charge >= 0.3 is 0 Å². The van der Waals surface area contributed by atoms with Crippen LogP contribution < -0.4 is 5.73 Å². The Hall–Kier alpha value is -0.900. The van der Waals surface area contributed by atoms with E-state index >= 15 is 0 Å². The van der Waals surface area contributed by atoms with E-state index in [4.69, 9.17) is 5.73 Å². The monoisotopic (exact) mass is 222 g/mol. The molecule has 1 heterocycles. The molecule has 1 saturated carbocycles. The van der Waals surface area contributed by atoms with E-state index in [-0.39, 0.29) is 0 Å². The summed E-state index contributed by atoms with van der Waals surface area (Å²) in [7, 11) is 0. The summed E-state index contributed by atoms with van der Waals surface area (Å²) in [6, 6.07) is 0. The van der Waals surface area contributed by atoms with Gasteiger partial charge < -0.3 is 10.3 Å². The molecule has 1 aliphatic carbocycles. The molecule has 2 rings (SSSR count). The number of nitrogens with zero attached hydrogens (tertiary/aromatic N) is 3. The molecule has 0 aliphatic heterocycles. The molecule has 0 spiro atoms. The van der Waals surface area contributed by atoms with Crippen LogP contribution in [-0.4, -0.2) is 21.3 Å². The molecule has 0 radical (unpaired) electrons. The first kappa shape index (κ1) is 11.6. The average molecular weight is 222 g/mol. The number of hydrogen-bond donors (Lipinski definition) is 1. The first-order valence-electron chi connectivity index (χ1n) is 6.36. The van der Waals surface area contributed by atoms with E-state index in [1.165, 1.54) is 31.5 Å². The highest BCUT2D eigenvalue weighted by atomic mass is 15.3. The van der Waals surface area contributed by atoms with Crippen LogP contribution in [0.4, 0.5) is 0 Å². The minimum Gasteiger partial charge on any atom is -0.330 e. The van der Waals surface area contributed by atoms with Gasteiger partial charge in [0.2, 0.25) is 0 Å². The Morgan fingerprint density at radius 1 is 1.25 bits per heavy atom. The zero-order valence-electron chi connectivity index (χ0n) is 10.3. The van der Waals surface area contributed by atoms with Crippen LogP contribution in [0.2, 0.25) is 0 Å². The Bertz CT molecular complexity index is 337. The van der Waals surface area contributed by atoms with E-state index in [0.717, 1.165) is 24.8 Å². The van der Waals surface area contributed by atoms with Gasteiger partial charge in [0.1, 0.15) is 11.6 Å². The van der Waals surface area contributed by atoms with E-state index in [0.29, 0.717) is 5.92 Å². The summed E-state index contributed by atoms with van der Waals surface area (Å²) in [4.78, 5) is 0. The first-order valence-corrected chi connectivity index (χ1v) is 6.36. The third-order valence-corrected chi connectivity index (χ3v) is 3.83. The summed E-state index contributed by atoms with van der Waals surface area (Å²) in [6.07, 6.45) is 4.94. The molecule has 16 heavy (non-hydrogen) atoms. The van der Waals surface area contributed by atoms with Crippen LogP contribution in [0.5, 0.6) is 0 Å². The Morgan fingerprint density at radius 3 is 2.50 bits per heavy atom. The summed E-state index contributed by atoms with van der Waals surface area (Å²) < 4.78 is 2.24. The van der Waals surface area contributed by atoms with Gasteiger partial charge in [0.05, 0.1) is 0 Å². The van der Waals surface area contributed by atoms with Gasteiger partial charge in [-0.3, -0.25) is 0 Å². The summed E-state index contributed by atoms with van der Waals surface area (Å²) in [5.41, 5.74) is 5.71. The topological polar surface area (TPSA) is 56.7 Å². The van der Waals surface area contributed by atoms with E-state index in [1.54, 1.807) is 0 Å². The molecule has 2 N–H and O–H groups in total. The molecular weight excluding hydrogens is 200 g/mol. The van der Waals surface area contributed by atoms with Crippen molar-refractivity contribution in [1.29, 1.82) is 0 Å². The van der Waals surface area contributed by atoms with Crippen molar-refractivity contribution in [2.45, 2.75) is 52.0 Å². The number of rotatable bonds is 3. The van der Waals surface area contributed by atoms with Crippen LogP contribution in [0.15, 0.2) is 0 Å². The average Bonchev–Trinajstić information content (AvgIpc) is 2.70. The third-order valence-electron chi connectivity index (χ3n) is 3.83. The molecule has 0 unspecified atom stereocenters. The van der Waals surface area contributed by atoms with Crippen molar-refractivity contribution < 1.29 is 0 Å². The van der Waals surface area contributed by atoms with Gasteiger partial charge in [0, 0.05) is 12.5 Å². The maximum atomic E-state index is 5.71. The molecule has 90 valence electrons. The normalized spacial score (nSPS) is 25.9. The van der Waals surface area contributed by atoms with Crippen LogP contribution in [0.1, 0.15) is 50.2 Å². The molecule has 1 fully saturated rings. The van der Waals surface area contributed by atoms with Crippen molar-refractivity contribution in [3.8, 4) is 0 Å². The predicted octanol–water partition coefficient (Wildman–Crippen LogP) is 1.84. The molecule has 1 aromatic rings. The minimum absolute atomic E-state index is 0.601. The summed E-state index contributed by atoms with van der Waals surface area (Å²) in [5.74, 6) is 3.56. The SMILES string of the molecule is CCn1c(C)nnc1C1CCC(CN)CC1. The molecule has 0 amide bonds. The molecule has 1 aliphatic rings. The Balaban J connectivity index is 2.08. The van der Waals surface area contributed by atoms with Gasteiger partial charge in [0.25, 0.3) is 0 Å². The molecule has 0 bridgehead atoms. The molecule has 4 heteroatoms. The molecular formula is C12H22N4. The fourth-order valence-corrected chi connectivity index (χ4v) is 2.75. The lowest BCUT2D eigenvalue weighted by Gasteiger charge is -2.27. The Kier molecular flexibility index (Phi) is 3.59. The zero-order valence-corrected chi connectivity index (χ0v) is 10.3. The highest BCUT2D eigenvalue weighted by Crippen LogP contribution is 2.34. The highest BCUT2D eigenvalue weighted by Gasteiger charge is 2.25. The zero-order chi connectivity index (χ0) is 11.5. The van der Waals surface area contributed by atoms with Gasteiger partial charge in [-0.25, -0.2) is 0 Å². The number of hydrogen-bond acceptors (Lipinski definition) is 3. The van der Waals surface area contributed by atoms with Crippen molar-refractivity contribution in [3.63, 3.8) is 0 Å². The predicted molar refractivity (Wildman–Crippen MR) is 64.2 cm³/mol. The van der Waals surface area contributed by atoms with Crippen LogP contribution in [-0.2, 0) is 6.54 Å². The third kappa shape index (κ3) is 2.12. The van der Waals surface area contributed by atoms with Gasteiger partial charge in [-0.2, -0.15) is 0 Å². The second-order valence-corrected chi connectivity index (χ2v) is 4.80. The van der Waals surface area contributed by atoms with Gasteiger partial charge in [-0.05, 0) is 52.0 Å². The van der Waals surface area contributed by atoms with Crippen molar-refractivity contribution >= 4 is 0 Å². The second kappa shape index (κ2) is 4.95. The largest absolute Gasteiger partial charge is 0.330 e. The van der Waals surface area contributed by atoms with Gasteiger partial charge in [-0.15, -0.1) is 10.2 Å². The molecule has 0 atom stereocenters. The van der Waals surface area contributed by atoms with Crippen molar-refractivity contribution in [2.75, 3.05) is 6.54 Å². The molecule has 4 nitrogen and oxygen atoms in total. The quantitative estimate of drug-likeness (QED) is 0.849. The van der Waals surface area contributed by atoms with E-state index in [9.17, 15) is 0 Å². The maximum absolute atomic E-state index is 5.71. The summed E-state index contributed by atoms with van der Waals surface area (Å²) in [5, 5.41) is 8.53. The van der Waals surface area contributed by atoms with Crippen LogP contribution in [0.3, 0.4) is 0 Å².